The molecule has 0 aromatic carbocycles. The van der Waals surface area contributed by atoms with Gasteiger partial charge in [0.1, 0.15) is 0 Å². The van der Waals surface area contributed by atoms with Crippen molar-refractivity contribution in [2.45, 2.75) is 57.9 Å². The lowest BCUT2D eigenvalue weighted by Crippen LogP contribution is -2.34. The van der Waals surface area contributed by atoms with Crippen LogP contribution in [0.3, 0.4) is 0 Å². The van der Waals surface area contributed by atoms with Gasteiger partial charge in [-0.15, -0.1) is 0 Å². The van der Waals surface area contributed by atoms with Crippen LogP contribution in [0.4, 0.5) is 0 Å². The van der Waals surface area contributed by atoms with Gasteiger partial charge in [-0.3, -0.25) is 9.59 Å². The van der Waals surface area contributed by atoms with Gasteiger partial charge in [0.15, 0.2) is 0 Å². The van der Waals surface area contributed by atoms with Gasteiger partial charge in [-0.05, 0) is 19.3 Å². The Balaban J connectivity index is 2.12. The molecule has 1 amide bonds. The summed E-state index contributed by atoms with van der Waals surface area (Å²) in [7, 11) is 0. The summed E-state index contributed by atoms with van der Waals surface area (Å²) in [6, 6.07) is -0.270. The van der Waals surface area contributed by atoms with Gasteiger partial charge in [-0.2, -0.15) is 0 Å². The van der Waals surface area contributed by atoms with Crippen molar-refractivity contribution in [1.82, 2.24) is 5.32 Å². The van der Waals surface area contributed by atoms with Crippen molar-refractivity contribution in [3.8, 4) is 0 Å². The second-order valence-corrected chi connectivity index (χ2v) is 4.76. The van der Waals surface area contributed by atoms with E-state index in [1.165, 1.54) is 25.7 Å². The molecule has 1 fully saturated rings. The van der Waals surface area contributed by atoms with Crippen molar-refractivity contribution >= 4 is 11.9 Å². The standard InChI is InChI=1S/C12H21NO3/c1-9(8-12(15)16)13-11(14)7-6-10-4-2-3-5-10/h9-10H,2-8H2,1H3,(H,13,14)(H,15,16). The second-order valence-electron chi connectivity index (χ2n) is 4.76. The van der Waals surface area contributed by atoms with Gasteiger partial charge in [-0.25, -0.2) is 0 Å². The quantitative estimate of drug-likeness (QED) is 0.728. The van der Waals surface area contributed by atoms with Crippen molar-refractivity contribution in [3.63, 3.8) is 0 Å². The SMILES string of the molecule is CC(CC(=O)O)NC(=O)CCC1CCCC1. The summed E-state index contributed by atoms with van der Waals surface area (Å²) in [4.78, 5) is 21.9. The molecule has 1 rings (SSSR count). The molecule has 1 unspecified atom stereocenters. The van der Waals surface area contributed by atoms with E-state index in [0.717, 1.165) is 6.42 Å². The molecule has 1 saturated carbocycles. The van der Waals surface area contributed by atoms with Crippen LogP contribution in [0, 0.1) is 5.92 Å². The van der Waals surface area contributed by atoms with Gasteiger partial charge in [0.2, 0.25) is 5.91 Å². The van der Waals surface area contributed by atoms with Crippen LogP contribution in [0.25, 0.3) is 0 Å². The fourth-order valence-electron chi connectivity index (χ4n) is 2.29. The maximum atomic E-state index is 11.5. The van der Waals surface area contributed by atoms with E-state index in [4.69, 9.17) is 5.11 Å². The molecule has 0 aromatic rings. The van der Waals surface area contributed by atoms with E-state index in [1.807, 2.05) is 0 Å². The van der Waals surface area contributed by atoms with Crippen molar-refractivity contribution in [1.29, 1.82) is 0 Å². The maximum absolute atomic E-state index is 11.5. The number of carboxylic acid groups (broad SMARTS) is 1. The van der Waals surface area contributed by atoms with Crippen LogP contribution < -0.4 is 5.32 Å². The van der Waals surface area contributed by atoms with Gasteiger partial charge in [0.25, 0.3) is 0 Å². The molecule has 0 aliphatic heterocycles. The average Bonchev–Trinajstić information content (AvgIpc) is 2.65. The van der Waals surface area contributed by atoms with E-state index in [1.54, 1.807) is 6.92 Å². The zero-order chi connectivity index (χ0) is 12.0. The highest BCUT2D eigenvalue weighted by Gasteiger charge is 2.17. The monoisotopic (exact) mass is 227 g/mol. The first-order valence-electron chi connectivity index (χ1n) is 6.09. The zero-order valence-corrected chi connectivity index (χ0v) is 9.87. The first kappa shape index (κ1) is 13.0. The number of hydrogen-bond donors (Lipinski definition) is 2. The van der Waals surface area contributed by atoms with Crippen LogP contribution in [0.1, 0.15) is 51.9 Å². The summed E-state index contributed by atoms with van der Waals surface area (Å²) in [5.41, 5.74) is 0. The molecule has 0 bridgehead atoms. The molecule has 1 aliphatic carbocycles. The molecule has 0 aromatic heterocycles. The number of nitrogens with one attached hydrogen (secondary N) is 1. The molecular weight excluding hydrogens is 206 g/mol. The van der Waals surface area contributed by atoms with Gasteiger partial charge >= 0.3 is 5.97 Å². The Morgan fingerprint density at radius 3 is 2.56 bits per heavy atom. The number of carbonyl (C=O) groups excluding carboxylic acids is 1. The Morgan fingerprint density at radius 1 is 1.38 bits per heavy atom. The summed E-state index contributed by atoms with van der Waals surface area (Å²) in [6.45, 7) is 1.72. The highest BCUT2D eigenvalue weighted by Crippen LogP contribution is 2.28. The smallest absolute Gasteiger partial charge is 0.305 e. The number of carboxylic acids is 1. The summed E-state index contributed by atoms with van der Waals surface area (Å²) in [5.74, 6) is -0.176. The Bertz CT molecular complexity index is 247. The van der Waals surface area contributed by atoms with Crippen LogP contribution in [0.5, 0.6) is 0 Å². The third-order valence-electron chi connectivity index (χ3n) is 3.14. The van der Waals surface area contributed by atoms with Crippen LogP contribution in [0.15, 0.2) is 0 Å². The highest BCUT2D eigenvalue weighted by molar-refractivity contribution is 5.77. The number of aliphatic carboxylic acids is 1. The predicted molar refractivity (Wildman–Crippen MR) is 61.0 cm³/mol. The molecule has 1 atom stereocenters. The summed E-state index contributed by atoms with van der Waals surface area (Å²) in [5, 5.41) is 11.3. The van der Waals surface area contributed by atoms with Gasteiger partial charge < -0.3 is 10.4 Å². The minimum absolute atomic E-state index is 0.00479. The summed E-state index contributed by atoms with van der Waals surface area (Å²) in [6.07, 6.45) is 6.56. The molecule has 1 aliphatic rings. The first-order chi connectivity index (χ1) is 7.58. The van der Waals surface area contributed by atoms with E-state index in [-0.39, 0.29) is 18.4 Å². The summed E-state index contributed by atoms with van der Waals surface area (Å²) < 4.78 is 0. The first-order valence-corrected chi connectivity index (χ1v) is 6.09. The minimum atomic E-state index is -0.872. The minimum Gasteiger partial charge on any atom is -0.481 e. The lowest BCUT2D eigenvalue weighted by Gasteiger charge is -2.13. The third kappa shape index (κ3) is 5.14. The molecule has 0 spiro atoms. The molecular formula is C12H21NO3. The van der Waals surface area contributed by atoms with Gasteiger partial charge in [0, 0.05) is 12.5 Å². The van der Waals surface area contributed by atoms with E-state index in [9.17, 15) is 9.59 Å². The van der Waals surface area contributed by atoms with E-state index >= 15 is 0 Å². The van der Waals surface area contributed by atoms with Crippen molar-refractivity contribution in [2.24, 2.45) is 5.92 Å². The normalized spacial score (nSPS) is 18.3. The number of hydrogen-bond acceptors (Lipinski definition) is 2. The van der Waals surface area contributed by atoms with E-state index < -0.39 is 5.97 Å². The molecule has 16 heavy (non-hydrogen) atoms. The fourth-order valence-corrected chi connectivity index (χ4v) is 2.29. The lowest BCUT2D eigenvalue weighted by molar-refractivity contribution is -0.137. The van der Waals surface area contributed by atoms with Crippen LogP contribution in [0.2, 0.25) is 0 Å². The fraction of sp³-hybridized carbons (Fsp3) is 0.833. The maximum Gasteiger partial charge on any atom is 0.305 e. The molecule has 2 N–H and O–H groups in total. The lowest BCUT2D eigenvalue weighted by atomic mass is 10.0. The number of carbonyl (C=O) groups is 2. The van der Waals surface area contributed by atoms with Crippen LogP contribution in [-0.2, 0) is 9.59 Å². The van der Waals surface area contributed by atoms with Crippen molar-refractivity contribution < 1.29 is 14.7 Å². The van der Waals surface area contributed by atoms with Gasteiger partial charge in [-0.1, -0.05) is 25.7 Å². The Morgan fingerprint density at radius 2 is 2.00 bits per heavy atom. The second kappa shape index (κ2) is 6.51. The Hall–Kier alpha value is -1.06. The Labute approximate surface area is 96.4 Å². The predicted octanol–water partition coefficient (Wildman–Crippen LogP) is 1.94. The number of rotatable bonds is 6. The van der Waals surface area contributed by atoms with E-state index in [0.29, 0.717) is 12.3 Å². The van der Waals surface area contributed by atoms with Crippen molar-refractivity contribution in [2.75, 3.05) is 0 Å². The molecule has 92 valence electrons. The summed E-state index contributed by atoms with van der Waals surface area (Å²) >= 11 is 0. The molecule has 0 saturated heterocycles. The van der Waals surface area contributed by atoms with Crippen LogP contribution >= 0.6 is 0 Å². The largest absolute Gasteiger partial charge is 0.481 e. The molecule has 4 heteroatoms. The molecule has 4 nitrogen and oxygen atoms in total. The molecule has 0 heterocycles. The van der Waals surface area contributed by atoms with Gasteiger partial charge in [0.05, 0.1) is 6.42 Å². The third-order valence-corrected chi connectivity index (χ3v) is 3.14. The topological polar surface area (TPSA) is 66.4 Å². The van der Waals surface area contributed by atoms with Crippen molar-refractivity contribution in [3.05, 3.63) is 0 Å². The average molecular weight is 227 g/mol. The van der Waals surface area contributed by atoms with Crippen LogP contribution in [-0.4, -0.2) is 23.0 Å². The van der Waals surface area contributed by atoms with E-state index in [2.05, 4.69) is 5.32 Å². The number of amides is 1. The Kier molecular flexibility index (Phi) is 5.29. The highest BCUT2D eigenvalue weighted by atomic mass is 16.4. The zero-order valence-electron chi connectivity index (χ0n) is 9.87. The molecule has 0 radical (unpaired) electrons.